The minimum absolute atomic E-state index is 0.0501. The molecule has 1 spiro atoms. The number of hydrogen-bond acceptors (Lipinski definition) is 1. The molecule has 23 aromatic carbocycles. The van der Waals surface area contributed by atoms with Gasteiger partial charge in [0.05, 0.1) is 11.0 Å². The van der Waals surface area contributed by atoms with Crippen LogP contribution >= 0.6 is 7.53 Å². The van der Waals surface area contributed by atoms with Crippen LogP contribution in [0.2, 0.25) is 0 Å². The molecule has 0 saturated heterocycles. The summed E-state index contributed by atoms with van der Waals surface area (Å²) in [4.78, 5) is 5.35. The number of nitrogens with zero attached hydrogens (tertiary/aromatic N) is 2. The van der Waals surface area contributed by atoms with Gasteiger partial charge in [-0.15, -0.1) is 0 Å². The molecule has 0 bridgehead atoms. The molecule has 3 aliphatic carbocycles. The Morgan fingerprint density at radius 2 is 0.586 bits per heavy atom. The third-order valence-electron chi connectivity index (χ3n) is 33.6. The van der Waals surface area contributed by atoms with Crippen molar-refractivity contribution in [2.24, 2.45) is 0 Å². The third-order valence-corrected chi connectivity index (χ3v) is 41.1. The van der Waals surface area contributed by atoms with Crippen LogP contribution < -0.4 is 10.4 Å². The molecule has 4 heteroatoms. The molecule has 688 valence electrons. The van der Waals surface area contributed by atoms with Crippen LogP contribution in [0.5, 0.6) is 0 Å². The van der Waals surface area contributed by atoms with Crippen molar-refractivity contribution in [2.45, 2.75) is 90.6 Å². The fraction of sp³-hybridized carbons (Fsp3) is 0.0993. The Morgan fingerprint density at radius 3 is 1.08 bits per heavy atom. The summed E-state index contributed by atoms with van der Waals surface area (Å²) in [6, 6.07) is 171. The smallest absolute Gasteiger partial charge is 0.146 e. The van der Waals surface area contributed by atoms with E-state index in [9.17, 15) is 0 Å². The number of aromatic nitrogens is 2. The maximum absolute atomic E-state index is 5.35. The Balaban J connectivity index is 0.000000106. The van der Waals surface area contributed by atoms with Crippen molar-refractivity contribution in [2.75, 3.05) is 0 Å². The van der Waals surface area contributed by atoms with Gasteiger partial charge in [-0.1, -0.05) is 472 Å². The topological polar surface area (TPSA) is 17.8 Å². The Hall–Kier alpha value is -16.4. The second-order valence-electron chi connectivity index (χ2n) is 42.8. The molecule has 145 heavy (non-hydrogen) atoms. The van der Waals surface area contributed by atoms with E-state index in [4.69, 9.17) is 4.98 Å². The lowest BCUT2D eigenvalue weighted by Crippen LogP contribution is -2.57. The lowest BCUT2D eigenvalue weighted by Gasteiger charge is -2.24. The van der Waals surface area contributed by atoms with Gasteiger partial charge in [-0.2, -0.15) is 0 Å². The Kier molecular flexibility index (Phi) is 19.6. The number of aryl methyl sites for hydroxylation is 3. The second kappa shape index (κ2) is 32.8. The molecule has 1 unspecified atom stereocenters. The van der Waals surface area contributed by atoms with E-state index in [-0.39, 0.29) is 16.2 Å². The molecule has 2 nitrogen and oxygen atoms in total. The van der Waals surface area contributed by atoms with Crippen LogP contribution in [0.1, 0.15) is 103 Å². The monoisotopic (exact) mass is 1880 g/mol. The number of hydrogen-bond donors (Lipinski definition) is 0. The summed E-state index contributed by atoms with van der Waals surface area (Å²) < 4.78 is 2.33. The van der Waals surface area contributed by atoms with Crippen LogP contribution in [0.25, 0.3) is 219 Å². The van der Waals surface area contributed by atoms with Crippen molar-refractivity contribution >= 4 is 123 Å². The zero-order chi connectivity index (χ0) is 97.2. The normalized spacial score (nSPS) is 14.3. The standard InChI is InChI=1S/C50H38Si.C48H35P.C43H32N2/c1-31-23-25-38-42(27-31)48(40-19-12-21-44-49(40)39-18-8-10-20-43(39)50(44,2)3)37-17-7-6-16-36(37)47(38)32-24-26-46-41(28-32)35-15-9-11-22-45(35)51(46)29-33-13-4-5-14-34(33)30-51;1-30-24-26-36-40(28-30)46(38-20-13-22-42-47(38)37-19-9-11-21-41(37)48(42,2)3)35-18-8-7-17-34(35)45(36)31-25-27-44-39(29-31)33-16-10-12-23-43(33)49(44)32-14-5-4-6-15-32;1-27-24-25-31-34(26-27)39(33-19-13-21-36-40(33)32-18-9-10-20-35(32)43(36,2)3)29-16-7-8-17-30(29)41(31)42-44-37-22-11-12-23-38(37)45(42)28-14-5-4-6-15-28/h4-28H,29-30H2,1-3H3;4-29H,1-3H3;4-26H,1-3H3. The maximum Gasteiger partial charge on any atom is 0.146 e. The molecule has 0 amide bonds. The molecule has 0 fully saturated rings. The van der Waals surface area contributed by atoms with Crippen LogP contribution in [0, 0.1) is 20.8 Å². The number of benzene rings is 23. The Labute approximate surface area is 849 Å². The number of para-hydroxylation sites is 3. The van der Waals surface area contributed by atoms with Gasteiger partial charge in [0.25, 0.3) is 0 Å². The van der Waals surface area contributed by atoms with E-state index in [1.54, 1.807) is 21.5 Å². The van der Waals surface area contributed by atoms with Crippen molar-refractivity contribution in [3.05, 3.63) is 510 Å². The van der Waals surface area contributed by atoms with E-state index in [1.165, 1.54) is 253 Å². The predicted molar refractivity (Wildman–Crippen MR) is 622 cm³/mol. The predicted octanol–water partition coefficient (Wildman–Crippen LogP) is 36.9. The van der Waals surface area contributed by atoms with Crippen molar-refractivity contribution in [3.63, 3.8) is 0 Å². The maximum atomic E-state index is 5.35. The van der Waals surface area contributed by atoms with Gasteiger partial charge >= 0.3 is 0 Å². The van der Waals surface area contributed by atoms with Crippen LogP contribution in [0.3, 0.4) is 0 Å². The lowest BCUT2D eigenvalue weighted by molar-refractivity contribution is 0.660. The van der Waals surface area contributed by atoms with E-state index in [0.717, 1.165) is 28.1 Å². The molecule has 0 N–H and O–H groups in total. The van der Waals surface area contributed by atoms with Crippen LogP contribution in [0.15, 0.2) is 449 Å². The summed E-state index contributed by atoms with van der Waals surface area (Å²) in [5.74, 6) is 0.962. The van der Waals surface area contributed by atoms with Gasteiger partial charge in [0.15, 0.2) is 0 Å². The number of imidazole rings is 1. The average Bonchev–Trinajstić information content (AvgIpc) is 1.59. The van der Waals surface area contributed by atoms with Gasteiger partial charge in [-0.3, -0.25) is 4.57 Å². The Morgan fingerprint density at radius 1 is 0.234 bits per heavy atom. The largest absolute Gasteiger partial charge is 0.292 e. The Bertz CT molecular complexity index is 9820. The van der Waals surface area contributed by atoms with E-state index < -0.39 is 15.6 Å². The summed E-state index contributed by atoms with van der Waals surface area (Å²) in [5.41, 5.74) is 43.8. The minimum Gasteiger partial charge on any atom is -0.292 e. The average molecular weight is 1890 g/mol. The highest BCUT2D eigenvalue weighted by Gasteiger charge is 2.50. The molecule has 25 aromatic rings. The van der Waals surface area contributed by atoms with E-state index in [2.05, 4.69) is 516 Å². The molecular formula is C141H105N2PSi. The first-order chi connectivity index (χ1) is 71.0. The molecule has 2 aliphatic heterocycles. The summed E-state index contributed by atoms with van der Waals surface area (Å²) >= 11 is 0. The SMILES string of the molecule is Cc1ccc2c(-c3ccc4c(c3)-c3ccccc3[Si]43Cc4ccccc4C3)c3ccccc3c(-c3cccc4c3-c3ccccc3C4(C)C)c2c1.Cc1ccc2c(-c3ccc4c(c3)c3ccccc3p4-c3ccccc3)c3ccccc3c(-c3cccc4c3-c3ccccc3C4(C)C)c2c1.Cc1ccc2c(-c3nc4ccccc4n3-c3ccccc3)c3ccccc3c(-c3cccc4c3-c3ccccc3C4(C)C)c2c1. The number of fused-ring (bicyclic) bond motifs is 25. The highest BCUT2D eigenvalue weighted by Crippen LogP contribution is 2.62. The minimum atomic E-state index is -1.96. The zero-order valence-corrected chi connectivity index (χ0v) is 84.9. The van der Waals surface area contributed by atoms with Crippen molar-refractivity contribution in [3.8, 4) is 123 Å². The molecule has 0 saturated carbocycles. The van der Waals surface area contributed by atoms with Gasteiger partial charge in [0, 0.05) is 37.7 Å². The zero-order valence-electron chi connectivity index (χ0n) is 83.0. The van der Waals surface area contributed by atoms with Crippen LogP contribution in [-0.2, 0) is 28.3 Å². The summed E-state index contributed by atoms with van der Waals surface area (Å²) in [7, 11) is -2.55. The van der Waals surface area contributed by atoms with Crippen LogP contribution in [0.4, 0.5) is 0 Å². The van der Waals surface area contributed by atoms with Gasteiger partial charge in [0.1, 0.15) is 13.9 Å². The third kappa shape index (κ3) is 12.9. The molecule has 2 aromatic heterocycles. The van der Waals surface area contributed by atoms with Crippen molar-refractivity contribution in [1.82, 2.24) is 9.55 Å². The van der Waals surface area contributed by atoms with Crippen molar-refractivity contribution in [1.29, 1.82) is 0 Å². The van der Waals surface area contributed by atoms with Gasteiger partial charge in [-0.25, -0.2) is 4.98 Å². The molecule has 1 atom stereocenters. The molecular weight excluding hydrogens is 1780 g/mol. The fourth-order valence-electron chi connectivity index (χ4n) is 27.1. The molecule has 30 rings (SSSR count). The van der Waals surface area contributed by atoms with E-state index >= 15 is 0 Å². The fourth-order valence-corrected chi connectivity index (χ4v) is 35.2. The number of rotatable bonds is 8. The van der Waals surface area contributed by atoms with Gasteiger partial charge in [0.2, 0.25) is 0 Å². The van der Waals surface area contributed by atoms with E-state index in [1.807, 2.05) is 0 Å². The highest BCUT2D eigenvalue weighted by atomic mass is 31.1. The van der Waals surface area contributed by atoms with Gasteiger partial charge in [-0.05, 0) is 311 Å². The first kappa shape index (κ1) is 86.5. The van der Waals surface area contributed by atoms with E-state index in [0.29, 0.717) is 0 Å². The first-order valence-electron chi connectivity index (χ1n) is 51.5. The molecule has 4 heterocycles. The summed E-state index contributed by atoms with van der Waals surface area (Å²) in [6.07, 6.45) is 0. The molecule has 0 radical (unpaired) electrons. The molecule has 5 aliphatic rings. The lowest BCUT2D eigenvalue weighted by atomic mass is 9.80. The van der Waals surface area contributed by atoms with Crippen molar-refractivity contribution < 1.29 is 0 Å². The second-order valence-corrected chi connectivity index (χ2v) is 48.9. The van der Waals surface area contributed by atoms with Crippen LogP contribution in [-0.4, -0.2) is 17.6 Å². The first-order valence-corrected chi connectivity index (χ1v) is 55.2. The summed E-state index contributed by atoms with van der Waals surface area (Å²) in [6.45, 7) is 20.9. The summed E-state index contributed by atoms with van der Waals surface area (Å²) in [5, 5.41) is 25.7. The van der Waals surface area contributed by atoms with Gasteiger partial charge < -0.3 is 0 Å². The highest BCUT2D eigenvalue weighted by molar-refractivity contribution is 7.67. The quantitative estimate of drug-likeness (QED) is 0.110.